The van der Waals surface area contributed by atoms with Crippen LogP contribution in [0.5, 0.6) is 0 Å². The molecule has 1 N–H and O–H groups in total. The second-order valence-electron chi connectivity index (χ2n) is 6.16. The van der Waals surface area contributed by atoms with Gasteiger partial charge in [-0.25, -0.2) is 4.79 Å². The van der Waals surface area contributed by atoms with E-state index in [9.17, 15) is 9.59 Å². The number of carbonyl (C=O) groups excluding carboxylic acids is 1. The van der Waals surface area contributed by atoms with Gasteiger partial charge in [0.05, 0.1) is 0 Å². The van der Waals surface area contributed by atoms with Gasteiger partial charge in [-0.1, -0.05) is 6.92 Å². The van der Waals surface area contributed by atoms with E-state index in [2.05, 4.69) is 0 Å². The molecule has 2 amide bonds. The predicted octanol–water partition coefficient (Wildman–Crippen LogP) is 2.41. The van der Waals surface area contributed by atoms with Gasteiger partial charge in [0.25, 0.3) is 0 Å². The van der Waals surface area contributed by atoms with E-state index in [1.807, 2.05) is 41.5 Å². The Morgan fingerprint density at radius 3 is 1.83 bits per heavy atom. The van der Waals surface area contributed by atoms with Crippen molar-refractivity contribution >= 4 is 12.0 Å². The summed E-state index contributed by atoms with van der Waals surface area (Å²) in [6.07, 6.45) is 0.806. The molecule has 0 saturated heterocycles. The van der Waals surface area contributed by atoms with Gasteiger partial charge in [0, 0.05) is 18.1 Å². The fourth-order valence-corrected chi connectivity index (χ4v) is 1.40. The lowest BCUT2D eigenvalue weighted by Crippen LogP contribution is -2.57. The molecule has 0 aromatic heterocycles. The summed E-state index contributed by atoms with van der Waals surface area (Å²) in [5, 5.41) is 8.93. The minimum atomic E-state index is -0.999. The van der Waals surface area contributed by atoms with Crippen LogP contribution in [0, 0.1) is 0 Å². The summed E-state index contributed by atoms with van der Waals surface area (Å²) in [7, 11) is 1.71. The number of carboxylic acids is 1. The molecule has 5 heteroatoms. The van der Waals surface area contributed by atoms with E-state index >= 15 is 0 Å². The first kappa shape index (κ1) is 16.7. The van der Waals surface area contributed by atoms with Crippen LogP contribution in [-0.4, -0.2) is 51.6 Å². The monoisotopic (exact) mass is 258 g/mol. The highest BCUT2D eigenvalue weighted by atomic mass is 16.4. The van der Waals surface area contributed by atoms with Gasteiger partial charge in [-0.15, -0.1) is 0 Å². The zero-order chi connectivity index (χ0) is 14.7. The average molecular weight is 258 g/mol. The van der Waals surface area contributed by atoms with Gasteiger partial charge in [0.15, 0.2) is 0 Å². The van der Waals surface area contributed by atoms with Crippen molar-refractivity contribution in [3.05, 3.63) is 0 Å². The molecule has 0 radical (unpaired) electrons. The van der Waals surface area contributed by atoms with Gasteiger partial charge in [0.2, 0.25) is 0 Å². The van der Waals surface area contributed by atoms with Crippen molar-refractivity contribution in [3.8, 4) is 0 Å². The first-order valence-corrected chi connectivity index (χ1v) is 6.20. The zero-order valence-electron chi connectivity index (χ0n) is 12.6. The Kier molecular flexibility index (Phi) is 5.20. The van der Waals surface area contributed by atoms with E-state index in [0.29, 0.717) is 0 Å². The normalized spacial score (nSPS) is 12.2. The lowest BCUT2D eigenvalue weighted by Gasteiger charge is -2.42. The van der Waals surface area contributed by atoms with Crippen LogP contribution in [-0.2, 0) is 4.79 Å². The van der Waals surface area contributed by atoms with Crippen LogP contribution in [0.3, 0.4) is 0 Å². The molecule has 18 heavy (non-hydrogen) atoms. The Bertz CT molecular complexity index is 319. The molecule has 106 valence electrons. The molecule has 0 aliphatic carbocycles. The van der Waals surface area contributed by atoms with Crippen LogP contribution in [0.2, 0.25) is 0 Å². The van der Waals surface area contributed by atoms with Crippen molar-refractivity contribution in [3.63, 3.8) is 0 Å². The average Bonchev–Trinajstić information content (AvgIpc) is 2.22. The number of rotatable bonds is 4. The summed E-state index contributed by atoms with van der Waals surface area (Å²) in [4.78, 5) is 26.3. The second kappa shape index (κ2) is 5.59. The standard InChI is InChI=1S/C13H26N2O3/c1-8-13(5,6)14(7)11(18)15(9-10(16)17)12(2,3)4/h8-9H2,1-7H3,(H,16,17). The maximum Gasteiger partial charge on any atom is 0.323 e. The van der Waals surface area contributed by atoms with E-state index in [1.54, 1.807) is 11.9 Å². The minimum Gasteiger partial charge on any atom is -0.480 e. The fourth-order valence-electron chi connectivity index (χ4n) is 1.40. The summed E-state index contributed by atoms with van der Waals surface area (Å²) in [5.41, 5.74) is -0.813. The van der Waals surface area contributed by atoms with Gasteiger partial charge >= 0.3 is 12.0 Å². The topological polar surface area (TPSA) is 60.9 Å². The number of aliphatic carboxylic acids is 1. The Balaban J connectivity index is 5.15. The molecule has 0 spiro atoms. The van der Waals surface area contributed by atoms with Crippen LogP contribution < -0.4 is 0 Å². The van der Waals surface area contributed by atoms with Crippen molar-refractivity contribution in [1.82, 2.24) is 9.80 Å². The van der Waals surface area contributed by atoms with Gasteiger partial charge in [0.1, 0.15) is 6.54 Å². The lowest BCUT2D eigenvalue weighted by atomic mass is 9.99. The number of hydrogen-bond acceptors (Lipinski definition) is 2. The minimum absolute atomic E-state index is 0.253. The SMILES string of the molecule is CCC(C)(C)N(C)C(=O)N(CC(=O)O)C(C)(C)C. The molecule has 0 unspecified atom stereocenters. The van der Waals surface area contributed by atoms with E-state index < -0.39 is 11.5 Å². The van der Waals surface area contributed by atoms with Crippen LogP contribution in [0.4, 0.5) is 4.79 Å². The van der Waals surface area contributed by atoms with Crippen LogP contribution in [0.15, 0.2) is 0 Å². The molecule has 5 nitrogen and oxygen atoms in total. The molecule has 0 aliphatic heterocycles. The highest BCUT2D eigenvalue weighted by Gasteiger charge is 2.35. The molecule has 0 rings (SSSR count). The fraction of sp³-hybridized carbons (Fsp3) is 0.846. The van der Waals surface area contributed by atoms with E-state index in [4.69, 9.17) is 5.11 Å². The number of hydrogen-bond donors (Lipinski definition) is 1. The Morgan fingerprint density at radius 1 is 1.11 bits per heavy atom. The summed E-state index contributed by atoms with van der Waals surface area (Å²) in [6, 6.07) is -0.253. The van der Waals surface area contributed by atoms with Crippen LogP contribution in [0.1, 0.15) is 48.0 Å². The molecule has 0 bridgehead atoms. The van der Waals surface area contributed by atoms with Crippen molar-refractivity contribution in [2.75, 3.05) is 13.6 Å². The Labute approximate surface area is 110 Å². The second-order valence-corrected chi connectivity index (χ2v) is 6.16. The van der Waals surface area contributed by atoms with Gasteiger partial charge < -0.3 is 14.9 Å². The van der Waals surface area contributed by atoms with Gasteiger partial charge in [-0.05, 0) is 41.0 Å². The van der Waals surface area contributed by atoms with Gasteiger partial charge in [-0.2, -0.15) is 0 Å². The highest BCUT2D eigenvalue weighted by Crippen LogP contribution is 2.22. The third-order valence-corrected chi connectivity index (χ3v) is 3.39. The maximum absolute atomic E-state index is 12.4. The van der Waals surface area contributed by atoms with E-state index in [1.165, 1.54) is 4.90 Å². The third kappa shape index (κ3) is 4.20. The number of urea groups is 1. The summed E-state index contributed by atoms with van der Waals surface area (Å²) in [5.74, 6) is -0.999. The Hall–Kier alpha value is -1.26. The maximum atomic E-state index is 12.4. The molecule has 0 fully saturated rings. The molecule has 0 heterocycles. The van der Waals surface area contributed by atoms with Crippen LogP contribution >= 0.6 is 0 Å². The smallest absolute Gasteiger partial charge is 0.323 e. The molecular formula is C13H26N2O3. The molecule has 0 aromatic carbocycles. The lowest BCUT2D eigenvalue weighted by molar-refractivity contribution is -0.138. The van der Waals surface area contributed by atoms with E-state index in [0.717, 1.165) is 6.42 Å². The molecule has 0 aromatic rings. The first-order valence-electron chi connectivity index (χ1n) is 6.20. The number of carboxylic acid groups (broad SMARTS) is 1. The Morgan fingerprint density at radius 2 is 1.56 bits per heavy atom. The van der Waals surface area contributed by atoms with Gasteiger partial charge in [-0.3, -0.25) is 4.79 Å². The largest absolute Gasteiger partial charge is 0.480 e. The number of nitrogens with zero attached hydrogens (tertiary/aromatic N) is 2. The molecule has 0 aliphatic rings. The summed E-state index contributed by atoms with van der Waals surface area (Å²) in [6.45, 7) is 11.1. The van der Waals surface area contributed by atoms with Crippen molar-refractivity contribution in [2.24, 2.45) is 0 Å². The summed E-state index contributed by atoms with van der Waals surface area (Å²) >= 11 is 0. The van der Waals surface area contributed by atoms with Crippen molar-refractivity contribution in [1.29, 1.82) is 0 Å². The predicted molar refractivity (Wildman–Crippen MR) is 71.6 cm³/mol. The number of carbonyl (C=O) groups is 2. The number of amides is 2. The first-order chi connectivity index (χ1) is 7.93. The highest BCUT2D eigenvalue weighted by molar-refractivity contribution is 5.81. The van der Waals surface area contributed by atoms with Crippen LogP contribution in [0.25, 0.3) is 0 Å². The third-order valence-electron chi connectivity index (χ3n) is 3.39. The van der Waals surface area contributed by atoms with Crippen molar-refractivity contribution < 1.29 is 14.7 Å². The molecular weight excluding hydrogens is 232 g/mol. The molecule has 0 saturated carbocycles. The molecule has 0 atom stereocenters. The quantitative estimate of drug-likeness (QED) is 0.842. The zero-order valence-corrected chi connectivity index (χ0v) is 12.6. The van der Waals surface area contributed by atoms with E-state index in [-0.39, 0.29) is 18.1 Å². The van der Waals surface area contributed by atoms with Crippen molar-refractivity contribution in [2.45, 2.75) is 59.0 Å². The summed E-state index contributed by atoms with van der Waals surface area (Å²) < 4.78 is 0.